The molecule has 0 saturated carbocycles. The Morgan fingerprint density at radius 1 is 0.842 bits per heavy atom. The molecule has 0 unspecified atom stereocenters. The zero-order chi connectivity index (χ0) is 42.8. The number of esters is 1. The molecule has 0 aromatic heterocycles. The largest absolute Gasteiger partial charge is 0.459 e. The van der Waals surface area contributed by atoms with E-state index >= 15 is 0 Å². The maximum atomic E-state index is 14.4. The highest BCUT2D eigenvalue weighted by Crippen LogP contribution is 2.42. The molecule has 4 heterocycles. The minimum absolute atomic E-state index is 0.112. The van der Waals surface area contributed by atoms with E-state index in [2.05, 4.69) is 16.7 Å². The van der Waals surface area contributed by atoms with Gasteiger partial charge in [0.25, 0.3) is 0 Å². The van der Waals surface area contributed by atoms with Crippen molar-refractivity contribution >= 4 is 11.8 Å². The first kappa shape index (κ1) is 48.4. The normalized spacial score (nSPS) is 47.7. The minimum atomic E-state index is -1.94. The maximum absolute atomic E-state index is 14.4. The Kier molecular flexibility index (Phi) is 16.6. The van der Waals surface area contributed by atoms with Crippen LogP contribution in [0.5, 0.6) is 0 Å². The molecule has 0 radical (unpaired) electrons. The summed E-state index contributed by atoms with van der Waals surface area (Å²) in [6.45, 7) is 19.8. The van der Waals surface area contributed by atoms with Crippen molar-refractivity contribution in [1.29, 1.82) is 0 Å². The number of carbonyl (C=O) groups excluding carboxylic acids is 2. The number of likely N-dealkylation sites (N-methyl/N-ethyl adjacent to an activating group) is 1. The van der Waals surface area contributed by atoms with Gasteiger partial charge in [-0.2, -0.15) is 0 Å². The van der Waals surface area contributed by atoms with E-state index in [4.69, 9.17) is 33.2 Å². The van der Waals surface area contributed by atoms with Gasteiger partial charge in [0.1, 0.15) is 23.6 Å². The number of cyclic esters (lactones) is 1. The summed E-state index contributed by atoms with van der Waals surface area (Å²) in [5, 5.41) is 34.4. The van der Waals surface area contributed by atoms with Crippen molar-refractivity contribution in [3.63, 3.8) is 0 Å². The van der Waals surface area contributed by atoms with Crippen LogP contribution in [0, 0.1) is 23.7 Å². The maximum Gasteiger partial charge on any atom is 0.311 e. The fourth-order valence-electron chi connectivity index (χ4n) is 10.3. The van der Waals surface area contributed by atoms with Crippen LogP contribution in [-0.2, 0) is 42.7 Å². The van der Waals surface area contributed by atoms with Gasteiger partial charge in [-0.1, -0.05) is 34.1 Å². The number of ether oxygens (including phenoxy) is 7. The van der Waals surface area contributed by atoms with E-state index in [-0.39, 0.29) is 43.2 Å². The summed E-state index contributed by atoms with van der Waals surface area (Å²) in [6, 6.07) is 0.00477. The molecule has 0 amide bonds. The number of rotatable bonds is 9. The van der Waals surface area contributed by atoms with Crippen LogP contribution in [0.4, 0.5) is 0 Å². The average Bonchev–Trinajstić information content (AvgIpc) is 3.17. The number of likely N-dealkylation sites (tertiary alicyclic amines) is 1. The molecule has 57 heavy (non-hydrogen) atoms. The average molecular weight is 815 g/mol. The molecule has 0 spiro atoms. The number of hydrogen-bond donors (Lipinski definition) is 3. The number of Topliss-reactive ketones (excluding diaryl/α,β-unsaturated/α-hetero) is 1. The highest BCUT2D eigenvalue weighted by Gasteiger charge is 2.54. The number of aliphatic hydroxyl groups is 3. The molecular formula is C43H78N2O12. The molecule has 0 bridgehead atoms. The Balaban J connectivity index is 1.88. The monoisotopic (exact) mass is 815 g/mol. The Hall–Kier alpha value is -1.30. The Labute approximate surface area is 342 Å². The Bertz CT molecular complexity index is 1310. The predicted molar refractivity (Wildman–Crippen MR) is 214 cm³/mol. The van der Waals surface area contributed by atoms with Gasteiger partial charge in [-0.3, -0.25) is 14.5 Å². The van der Waals surface area contributed by atoms with Gasteiger partial charge < -0.3 is 53.4 Å². The third-order valence-corrected chi connectivity index (χ3v) is 14.1. The first-order valence-electron chi connectivity index (χ1n) is 21.5. The van der Waals surface area contributed by atoms with Gasteiger partial charge in [0.05, 0.1) is 53.7 Å². The number of ketones is 1. The standard InChI is InChI=1S/C43H78N2O12/c1-15-31-43(10,50)36(47)26(4)34(46)24(2)22-42(9,52-14)38(57-40-33(44(11)12)30(21-25(3)53-40)45-19-17-16-18-20-45)27(5)35(28(6)39(49)55-31)56-32-23-41(8,51-13)37(48)29(7)54-32/h24-33,35-38,40,47-48,50H,15-23H2,1-14H3/t24-,25-,26+,27+,28-,29+,30-,31-,32+,33+,35+,36-,37+,38-,40+,41-,42+,43-/m1/s1. The predicted octanol–water partition coefficient (Wildman–Crippen LogP) is 3.93. The van der Waals surface area contributed by atoms with Crippen molar-refractivity contribution in [2.45, 2.75) is 198 Å². The summed E-state index contributed by atoms with van der Waals surface area (Å²) >= 11 is 0. The third-order valence-electron chi connectivity index (χ3n) is 14.1. The molecule has 4 aliphatic heterocycles. The van der Waals surface area contributed by atoms with E-state index in [1.807, 2.05) is 27.9 Å². The number of carbonyl (C=O) groups is 2. The third kappa shape index (κ3) is 10.4. The van der Waals surface area contributed by atoms with Crippen LogP contribution in [0.15, 0.2) is 0 Å². The van der Waals surface area contributed by atoms with Crippen LogP contribution < -0.4 is 0 Å². The first-order valence-corrected chi connectivity index (χ1v) is 21.5. The lowest BCUT2D eigenvalue weighted by Gasteiger charge is -2.52. The molecule has 14 nitrogen and oxygen atoms in total. The minimum Gasteiger partial charge on any atom is -0.459 e. The van der Waals surface area contributed by atoms with Crippen LogP contribution in [0.1, 0.15) is 114 Å². The molecular weight excluding hydrogens is 736 g/mol. The van der Waals surface area contributed by atoms with Gasteiger partial charge in [-0.25, -0.2) is 0 Å². The van der Waals surface area contributed by atoms with Crippen LogP contribution in [-0.4, -0.2) is 162 Å². The van der Waals surface area contributed by atoms with Crippen molar-refractivity contribution < 1.29 is 58.1 Å². The Morgan fingerprint density at radius 3 is 2.02 bits per heavy atom. The second-order valence-corrected chi connectivity index (χ2v) is 18.7. The van der Waals surface area contributed by atoms with Gasteiger partial charge in [0, 0.05) is 44.4 Å². The quantitative estimate of drug-likeness (QED) is 0.287. The van der Waals surface area contributed by atoms with E-state index in [0.29, 0.717) is 0 Å². The second-order valence-electron chi connectivity index (χ2n) is 18.7. The molecule has 4 aliphatic rings. The summed E-state index contributed by atoms with van der Waals surface area (Å²) in [7, 11) is 7.22. The van der Waals surface area contributed by atoms with Gasteiger partial charge in [-0.05, 0) is 101 Å². The smallest absolute Gasteiger partial charge is 0.311 e. The van der Waals surface area contributed by atoms with Crippen molar-refractivity contribution in [3.8, 4) is 0 Å². The lowest BCUT2D eigenvalue weighted by molar-refractivity contribution is -0.314. The molecule has 332 valence electrons. The summed E-state index contributed by atoms with van der Waals surface area (Å²) in [5.41, 5.74) is -4.11. The van der Waals surface area contributed by atoms with E-state index in [1.165, 1.54) is 20.5 Å². The molecule has 14 heteroatoms. The van der Waals surface area contributed by atoms with Crippen LogP contribution in [0.3, 0.4) is 0 Å². The molecule has 4 rings (SSSR count). The lowest BCUT2D eigenvalue weighted by atomic mass is 9.73. The van der Waals surface area contributed by atoms with Gasteiger partial charge in [0.15, 0.2) is 12.6 Å². The van der Waals surface area contributed by atoms with Gasteiger partial charge in [-0.15, -0.1) is 0 Å². The fourth-order valence-corrected chi connectivity index (χ4v) is 10.3. The van der Waals surface area contributed by atoms with Crippen LogP contribution in [0.2, 0.25) is 0 Å². The lowest BCUT2D eigenvalue weighted by Crippen LogP contribution is -2.64. The molecule has 4 saturated heterocycles. The molecule has 3 N–H and O–H groups in total. The van der Waals surface area contributed by atoms with E-state index in [9.17, 15) is 24.9 Å². The second kappa shape index (κ2) is 19.6. The zero-order valence-corrected chi connectivity index (χ0v) is 37.4. The van der Waals surface area contributed by atoms with Gasteiger partial charge >= 0.3 is 5.97 Å². The van der Waals surface area contributed by atoms with Crippen molar-refractivity contribution in [3.05, 3.63) is 0 Å². The van der Waals surface area contributed by atoms with E-state index in [1.54, 1.807) is 48.7 Å². The van der Waals surface area contributed by atoms with Crippen molar-refractivity contribution in [1.82, 2.24) is 9.80 Å². The van der Waals surface area contributed by atoms with E-state index in [0.717, 1.165) is 32.4 Å². The summed E-state index contributed by atoms with van der Waals surface area (Å²) in [6.07, 6.45) is -2.88. The Morgan fingerprint density at radius 2 is 1.46 bits per heavy atom. The highest BCUT2D eigenvalue weighted by atomic mass is 16.7. The van der Waals surface area contributed by atoms with Gasteiger partial charge in [0.2, 0.25) is 0 Å². The topological polar surface area (TPSA) is 166 Å². The molecule has 4 fully saturated rings. The number of aliphatic hydroxyl groups excluding tert-OH is 2. The van der Waals surface area contributed by atoms with E-state index < -0.39 is 95.6 Å². The fraction of sp³-hybridized carbons (Fsp3) is 0.953. The number of methoxy groups -OCH3 is 2. The molecule has 0 aliphatic carbocycles. The summed E-state index contributed by atoms with van der Waals surface area (Å²) in [5.74, 6) is -4.13. The number of piperidine rings is 1. The number of nitrogens with zero attached hydrogens (tertiary/aromatic N) is 2. The number of hydrogen-bond acceptors (Lipinski definition) is 14. The van der Waals surface area contributed by atoms with Crippen molar-refractivity contribution in [2.24, 2.45) is 23.7 Å². The molecule has 18 atom stereocenters. The summed E-state index contributed by atoms with van der Waals surface area (Å²) in [4.78, 5) is 33.3. The highest BCUT2D eigenvalue weighted by molar-refractivity contribution is 5.83. The zero-order valence-electron chi connectivity index (χ0n) is 37.4. The molecule has 0 aromatic rings. The van der Waals surface area contributed by atoms with Crippen LogP contribution >= 0.6 is 0 Å². The van der Waals surface area contributed by atoms with Crippen LogP contribution in [0.25, 0.3) is 0 Å². The SMILES string of the molecule is CC[C@H]1OC(=O)[C@H](C)[C@@H](O[C@H]2C[C@@](C)(OC)[C@@H](O)[C@H](C)O2)[C@H](C)[C@@H](O[C@@H]2O[C@H](C)C[C@@H](N3CCCCC3)[C@@H]2N(C)C)[C@@](C)(OC)C[C@@H](C)C(=O)[C@H](C)[C@@H](O)[C@]1(C)O. The van der Waals surface area contributed by atoms with Crippen molar-refractivity contribution in [2.75, 3.05) is 41.4 Å². The first-order chi connectivity index (χ1) is 26.6. The molecule has 0 aromatic carbocycles. The summed E-state index contributed by atoms with van der Waals surface area (Å²) < 4.78 is 45.5.